The molecule has 63 heavy (non-hydrogen) atoms. The van der Waals surface area contributed by atoms with E-state index in [2.05, 4.69) is 240 Å². The lowest BCUT2D eigenvalue weighted by Gasteiger charge is -2.26. The van der Waals surface area contributed by atoms with Gasteiger partial charge in [-0.1, -0.05) is 170 Å². The zero-order valence-electron chi connectivity index (χ0n) is 34.4. The Hall–Kier alpha value is -8.40. The van der Waals surface area contributed by atoms with Crippen LogP contribution in [-0.4, -0.2) is 4.57 Å². The third-order valence-electron chi connectivity index (χ3n) is 12.4. The van der Waals surface area contributed by atoms with Crippen LogP contribution >= 0.6 is 0 Å². The fraction of sp³-hybridized carbons (Fsp3) is 0. The van der Waals surface area contributed by atoms with Crippen LogP contribution in [0.3, 0.4) is 0 Å². The third-order valence-corrected chi connectivity index (χ3v) is 12.4. The summed E-state index contributed by atoms with van der Waals surface area (Å²) in [6.07, 6.45) is 0. The molecule has 0 atom stereocenters. The lowest BCUT2D eigenvalue weighted by atomic mass is 9.99. The second-order valence-corrected chi connectivity index (χ2v) is 16.1. The topological polar surface area (TPSA) is 21.3 Å². The van der Waals surface area contributed by atoms with Gasteiger partial charge in [-0.15, -0.1) is 0 Å². The Kier molecular flexibility index (Phi) is 8.83. The van der Waals surface area contributed by atoms with E-state index in [1.807, 2.05) is 12.1 Å². The van der Waals surface area contributed by atoms with Crippen LogP contribution in [0.25, 0.3) is 93.9 Å². The Morgan fingerprint density at radius 3 is 1.44 bits per heavy atom. The molecule has 3 heteroatoms. The molecule has 0 spiro atoms. The van der Waals surface area contributed by atoms with E-state index in [0.717, 1.165) is 61.4 Å². The molecule has 2 aromatic heterocycles. The lowest BCUT2D eigenvalue weighted by molar-refractivity contribution is 0.669. The standard InChI is InChI=1S/C60H40N2O/c1-2-13-41(14-3-1)42-25-27-43(28-26-42)44-29-34-48(35-30-44)61(50-16-12-15-46(39-50)47-33-38-55-54-20-7-11-24-59(54)63-60(55)40-47)49-36-31-45(32-37-49)51-17-4-8-21-56(51)62-57-22-9-5-18-52(57)53-19-6-10-23-58(53)62/h1-40H. The number of rotatable bonds is 8. The minimum absolute atomic E-state index is 0.889. The summed E-state index contributed by atoms with van der Waals surface area (Å²) >= 11 is 0. The predicted molar refractivity (Wildman–Crippen MR) is 264 cm³/mol. The molecule has 0 saturated carbocycles. The summed E-state index contributed by atoms with van der Waals surface area (Å²) in [4.78, 5) is 2.36. The van der Waals surface area contributed by atoms with Crippen LogP contribution < -0.4 is 4.90 Å². The van der Waals surface area contributed by atoms with Crippen LogP contribution in [0, 0.1) is 0 Å². The Labute approximate surface area is 366 Å². The molecule has 0 N–H and O–H groups in total. The largest absolute Gasteiger partial charge is 0.456 e. The van der Waals surface area contributed by atoms with Crippen molar-refractivity contribution in [3.8, 4) is 50.2 Å². The second-order valence-electron chi connectivity index (χ2n) is 16.1. The van der Waals surface area contributed by atoms with Crippen molar-refractivity contribution >= 4 is 60.8 Å². The van der Waals surface area contributed by atoms with E-state index in [-0.39, 0.29) is 0 Å². The summed E-state index contributed by atoms with van der Waals surface area (Å²) in [6, 6.07) is 87.1. The van der Waals surface area contributed by atoms with E-state index in [1.54, 1.807) is 0 Å². The first-order valence-corrected chi connectivity index (χ1v) is 21.5. The smallest absolute Gasteiger partial charge is 0.136 e. The van der Waals surface area contributed by atoms with Gasteiger partial charge in [0.25, 0.3) is 0 Å². The van der Waals surface area contributed by atoms with Gasteiger partial charge in [0.2, 0.25) is 0 Å². The van der Waals surface area contributed by atoms with Crippen molar-refractivity contribution in [3.63, 3.8) is 0 Å². The highest BCUT2D eigenvalue weighted by atomic mass is 16.3. The maximum absolute atomic E-state index is 6.32. The van der Waals surface area contributed by atoms with E-state index in [0.29, 0.717) is 0 Å². The summed E-state index contributed by atoms with van der Waals surface area (Å²) in [5.41, 5.74) is 17.9. The molecule has 12 rings (SSSR count). The number of aromatic nitrogens is 1. The fourth-order valence-electron chi connectivity index (χ4n) is 9.35. The molecule has 12 aromatic rings. The number of anilines is 3. The van der Waals surface area contributed by atoms with Gasteiger partial charge in [-0.2, -0.15) is 0 Å². The molecule has 0 unspecified atom stereocenters. The first-order valence-electron chi connectivity index (χ1n) is 21.5. The number of benzene rings is 10. The predicted octanol–water partition coefficient (Wildman–Crippen LogP) is 16.8. The van der Waals surface area contributed by atoms with Crippen LogP contribution in [0.4, 0.5) is 17.1 Å². The van der Waals surface area contributed by atoms with Gasteiger partial charge in [0.05, 0.1) is 16.7 Å². The number of hydrogen-bond acceptors (Lipinski definition) is 2. The molecule has 0 aliphatic carbocycles. The average Bonchev–Trinajstić information content (AvgIpc) is 3.90. The van der Waals surface area contributed by atoms with Gasteiger partial charge in [-0.3, -0.25) is 0 Å². The molecule has 0 fully saturated rings. The van der Waals surface area contributed by atoms with Crippen molar-refractivity contribution in [1.29, 1.82) is 0 Å². The Morgan fingerprint density at radius 2 is 0.762 bits per heavy atom. The minimum atomic E-state index is 0.889. The normalized spacial score (nSPS) is 11.5. The quantitative estimate of drug-likeness (QED) is 0.153. The Morgan fingerprint density at radius 1 is 0.286 bits per heavy atom. The van der Waals surface area contributed by atoms with E-state index >= 15 is 0 Å². The number of hydrogen-bond donors (Lipinski definition) is 0. The van der Waals surface area contributed by atoms with Crippen LogP contribution in [-0.2, 0) is 0 Å². The molecular weight excluding hydrogens is 765 g/mol. The summed E-state index contributed by atoms with van der Waals surface area (Å²) in [7, 11) is 0. The second kappa shape index (κ2) is 15.3. The maximum atomic E-state index is 6.32. The molecule has 0 saturated heterocycles. The summed E-state index contributed by atoms with van der Waals surface area (Å²) < 4.78 is 8.73. The first-order chi connectivity index (χ1) is 31.2. The molecular formula is C60H40N2O. The number of para-hydroxylation sites is 4. The zero-order chi connectivity index (χ0) is 41.7. The highest BCUT2D eigenvalue weighted by Crippen LogP contribution is 2.41. The van der Waals surface area contributed by atoms with Crippen molar-refractivity contribution < 1.29 is 4.42 Å². The summed E-state index contributed by atoms with van der Waals surface area (Å²) in [5, 5.41) is 4.77. The van der Waals surface area contributed by atoms with Gasteiger partial charge in [-0.05, 0) is 112 Å². The lowest BCUT2D eigenvalue weighted by Crippen LogP contribution is -2.10. The first kappa shape index (κ1) is 36.5. The van der Waals surface area contributed by atoms with Gasteiger partial charge in [0, 0.05) is 44.2 Å². The molecule has 0 bridgehead atoms. The Balaban J connectivity index is 0.943. The molecule has 0 aliphatic heterocycles. The van der Waals surface area contributed by atoms with Gasteiger partial charge in [0.1, 0.15) is 11.2 Å². The molecule has 2 heterocycles. The molecule has 10 aromatic carbocycles. The van der Waals surface area contributed by atoms with Crippen molar-refractivity contribution in [2.75, 3.05) is 4.90 Å². The summed E-state index contributed by atoms with van der Waals surface area (Å²) in [6.45, 7) is 0. The van der Waals surface area contributed by atoms with Crippen molar-refractivity contribution in [3.05, 3.63) is 243 Å². The van der Waals surface area contributed by atoms with Crippen LogP contribution in [0.5, 0.6) is 0 Å². The molecule has 0 amide bonds. The van der Waals surface area contributed by atoms with E-state index in [9.17, 15) is 0 Å². The monoisotopic (exact) mass is 804 g/mol. The number of nitrogens with zero attached hydrogens (tertiary/aromatic N) is 2. The number of furan rings is 1. The number of fused-ring (bicyclic) bond motifs is 6. The highest BCUT2D eigenvalue weighted by molar-refractivity contribution is 6.10. The average molecular weight is 805 g/mol. The summed E-state index contributed by atoms with van der Waals surface area (Å²) in [5.74, 6) is 0. The van der Waals surface area contributed by atoms with Crippen molar-refractivity contribution in [2.45, 2.75) is 0 Å². The zero-order valence-corrected chi connectivity index (χ0v) is 34.4. The van der Waals surface area contributed by atoms with Gasteiger partial charge >= 0.3 is 0 Å². The van der Waals surface area contributed by atoms with Crippen LogP contribution in [0.15, 0.2) is 247 Å². The minimum Gasteiger partial charge on any atom is -0.456 e. The van der Waals surface area contributed by atoms with E-state index in [4.69, 9.17) is 4.42 Å². The van der Waals surface area contributed by atoms with Crippen molar-refractivity contribution in [2.24, 2.45) is 0 Å². The highest BCUT2D eigenvalue weighted by Gasteiger charge is 2.18. The van der Waals surface area contributed by atoms with Gasteiger partial charge in [-0.25, -0.2) is 0 Å². The van der Waals surface area contributed by atoms with Gasteiger partial charge in [0.15, 0.2) is 0 Å². The molecule has 3 nitrogen and oxygen atoms in total. The molecule has 296 valence electrons. The fourth-order valence-corrected chi connectivity index (χ4v) is 9.35. The third kappa shape index (κ3) is 6.46. The SMILES string of the molecule is c1ccc(-c2ccc(-c3ccc(N(c4ccc(-c5ccccc5-n5c6ccccc6c6ccccc65)cc4)c4cccc(-c5ccc6c(c5)oc5ccccc56)c4)cc3)cc2)cc1. The maximum Gasteiger partial charge on any atom is 0.136 e. The van der Waals surface area contributed by atoms with E-state index in [1.165, 1.54) is 49.6 Å². The van der Waals surface area contributed by atoms with Gasteiger partial charge < -0.3 is 13.9 Å². The van der Waals surface area contributed by atoms with Crippen molar-refractivity contribution in [1.82, 2.24) is 4.57 Å². The molecule has 0 radical (unpaired) electrons. The Bertz CT molecular complexity index is 3550. The van der Waals surface area contributed by atoms with Crippen LogP contribution in [0.2, 0.25) is 0 Å². The molecule has 0 aliphatic rings. The van der Waals surface area contributed by atoms with Crippen LogP contribution in [0.1, 0.15) is 0 Å². The van der Waals surface area contributed by atoms with E-state index < -0.39 is 0 Å².